The second-order valence-corrected chi connectivity index (χ2v) is 9.79. The number of methoxy groups -OCH3 is 1. The van der Waals surface area contributed by atoms with Crippen LogP contribution in [0.5, 0.6) is 5.75 Å². The number of amides is 1. The number of carbonyl (C=O) groups is 1. The van der Waals surface area contributed by atoms with Gasteiger partial charge in [0, 0.05) is 48.7 Å². The molecule has 1 N–H and O–H groups in total. The summed E-state index contributed by atoms with van der Waals surface area (Å²) >= 11 is 1.80. The number of benzene rings is 1. The van der Waals surface area contributed by atoms with E-state index in [2.05, 4.69) is 51.7 Å². The number of nitrogens with zero attached hydrogens (tertiary/aromatic N) is 2. The zero-order valence-electron chi connectivity index (χ0n) is 18.8. The number of rotatable bonds is 7. The van der Waals surface area contributed by atoms with E-state index >= 15 is 0 Å². The van der Waals surface area contributed by atoms with Gasteiger partial charge in [-0.15, -0.1) is 11.3 Å². The maximum absolute atomic E-state index is 12.9. The quantitative estimate of drug-likeness (QED) is 0.676. The van der Waals surface area contributed by atoms with Gasteiger partial charge < -0.3 is 15.0 Å². The molecule has 0 radical (unpaired) electrons. The summed E-state index contributed by atoms with van der Waals surface area (Å²) in [7, 11) is 1.70. The first-order valence-corrected chi connectivity index (χ1v) is 12.5. The Morgan fingerprint density at radius 3 is 2.39 bits per heavy atom. The Bertz CT molecular complexity index is 810. The van der Waals surface area contributed by atoms with Crippen molar-refractivity contribution in [2.75, 3.05) is 38.2 Å². The van der Waals surface area contributed by atoms with Crippen LogP contribution in [0.4, 0.5) is 5.69 Å². The topological polar surface area (TPSA) is 44.8 Å². The van der Waals surface area contributed by atoms with Crippen LogP contribution >= 0.6 is 11.3 Å². The summed E-state index contributed by atoms with van der Waals surface area (Å²) in [6, 6.07) is 13.0. The Morgan fingerprint density at radius 2 is 1.77 bits per heavy atom. The summed E-state index contributed by atoms with van der Waals surface area (Å²) in [5.74, 6) is 1.35. The molecule has 1 amide bonds. The summed E-state index contributed by atoms with van der Waals surface area (Å²) in [4.78, 5) is 19.2. The third kappa shape index (κ3) is 5.42. The second-order valence-electron chi connectivity index (χ2n) is 8.81. The Morgan fingerprint density at radius 1 is 1.06 bits per heavy atom. The minimum absolute atomic E-state index is 0.0978. The van der Waals surface area contributed by atoms with Crippen LogP contribution in [0.1, 0.15) is 49.9 Å². The van der Waals surface area contributed by atoms with Gasteiger partial charge in [0.25, 0.3) is 0 Å². The van der Waals surface area contributed by atoms with E-state index in [9.17, 15) is 4.79 Å². The predicted molar refractivity (Wildman–Crippen MR) is 128 cm³/mol. The van der Waals surface area contributed by atoms with Gasteiger partial charge in [-0.05, 0) is 55.5 Å². The molecule has 2 heterocycles. The van der Waals surface area contributed by atoms with Crippen molar-refractivity contribution in [1.29, 1.82) is 0 Å². The third-order valence-electron chi connectivity index (χ3n) is 6.80. The maximum atomic E-state index is 12.9. The van der Waals surface area contributed by atoms with Gasteiger partial charge in [0.05, 0.1) is 13.2 Å². The molecule has 0 unspecified atom stereocenters. The van der Waals surface area contributed by atoms with E-state index in [1.54, 1.807) is 18.4 Å². The summed E-state index contributed by atoms with van der Waals surface area (Å²) < 4.78 is 5.29. The second kappa shape index (κ2) is 10.5. The molecule has 1 saturated carbocycles. The molecule has 1 aromatic heterocycles. The molecule has 0 bridgehead atoms. The van der Waals surface area contributed by atoms with Crippen molar-refractivity contribution in [1.82, 2.24) is 10.2 Å². The number of piperazine rings is 1. The Labute approximate surface area is 190 Å². The maximum Gasteiger partial charge on any atom is 0.223 e. The van der Waals surface area contributed by atoms with Crippen LogP contribution in [0.25, 0.3) is 0 Å². The summed E-state index contributed by atoms with van der Waals surface area (Å²) in [6.07, 6.45) is 5.74. The number of ether oxygens (including phenoxy) is 1. The minimum atomic E-state index is 0.0978. The van der Waals surface area contributed by atoms with Crippen molar-refractivity contribution >= 4 is 22.9 Å². The molecule has 4 rings (SSSR count). The van der Waals surface area contributed by atoms with E-state index < -0.39 is 0 Å². The molecule has 0 spiro atoms. The zero-order chi connectivity index (χ0) is 21.6. The van der Waals surface area contributed by atoms with Crippen LogP contribution in [0, 0.1) is 5.92 Å². The molecule has 1 aromatic carbocycles. The normalized spacial score (nSPS) is 20.3. The number of hydrogen-bond donors (Lipinski definition) is 1. The lowest BCUT2D eigenvalue weighted by atomic mass is 9.88. The summed E-state index contributed by atoms with van der Waals surface area (Å²) in [6.45, 7) is 6.12. The van der Waals surface area contributed by atoms with Crippen molar-refractivity contribution in [3.8, 4) is 5.75 Å². The average Bonchev–Trinajstić information content (AvgIpc) is 3.34. The van der Waals surface area contributed by atoms with Gasteiger partial charge in [0.15, 0.2) is 0 Å². The molecule has 2 atom stereocenters. The molecular weight excluding hydrogens is 406 g/mol. The van der Waals surface area contributed by atoms with Crippen molar-refractivity contribution in [3.05, 3.63) is 46.7 Å². The number of anilines is 1. The molecule has 31 heavy (non-hydrogen) atoms. The standard InChI is InChI=1S/C25H35N3O2S/c1-19(26-25(29)20-7-4-3-5-8-20)24(23-9-6-18-31-23)28-16-14-27(15-17-28)21-10-12-22(30-2)13-11-21/h6,9-13,18-20,24H,3-5,7-8,14-17H2,1-2H3,(H,26,29)/t19-,24+/m1/s1. The van der Waals surface area contributed by atoms with Crippen LogP contribution in [-0.2, 0) is 4.79 Å². The fraction of sp³-hybridized carbons (Fsp3) is 0.560. The predicted octanol–water partition coefficient (Wildman–Crippen LogP) is 4.71. The van der Waals surface area contributed by atoms with Gasteiger partial charge in [-0.25, -0.2) is 0 Å². The number of nitrogens with one attached hydrogen (secondary N) is 1. The van der Waals surface area contributed by atoms with Crippen LogP contribution in [0.2, 0.25) is 0 Å². The Kier molecular flexibility index (Phi) is 7.51. The molecule has 2 aromatic rings. The lowest BCUT2D eigenvalue weighted by Crippen LogP contribution is -2.53. The summed E-state index contributed by atoms with van der Waals surface area (Å²) in [5, 5.41) is 5.53. The van der Waals surface area contributed by atoms with Crippen LogP contribution in [0.3, 0.4) is 0 Å². The molecule has 2 aliphatic rings. The van der Waals surface area contributed by atoms with Crippen LogP contribution in [-0.4, -0.2) is 50.1 Å². The lowest BCUT2D eigenvalue weighted by Gasteiger charge is -2.42. The van der Waals surface area contributed by atoms with Crippen molar-refractivity contribution in [2.24, 2.45) is 5.92 Å². The molecule has 1 aliphatic carbocycles. The van der Waals surface area contributed by atoms with Crippen molar-refractivity contribution in [3.63, 3.8) is 0 Å². The Balaban J connectivity index is 1.40. The molecule has 2 fully saturated rings. The van der Waals surface area contributed by atoms with E-state index in [0.717, 1.165) is 44.8 Å². The van der Waals surface area contributed by atoms with Gasteiger partial charge in [-0.1, -0.05) is 25.3 Å². The third-order valence-corrected chi connectivity index (χ3v) is 7.74. The van der Waals surface area contributed by atoms with Crippen molar-refractivity contribution < 1.29 is 9.53 Å². The average molecular weight is 442 g/mol. The van der Waals surface area contributed by atoms with Gasteiger partial charge >= 0.3 is 0 Å². The monoisotopic (exact) mass is 441 g/mol. The lowest BCUT2D eigenvalue weighted by molar-refractivity contribution is -0.127. The van der Waals surface area contributed by atoms with Crippen molar-refractivity contribution in [2.45, 2.75) is 51.1 Å². The number of thiophene rings is 1. The highest BCUT2D eigenvalue weighted by Gasteiger charge is 2.32. The fourth-order valence-electron chi connectivity index (χ4n) is 5.04. The zero-order valence-corrected chi connectivity index (χ0v) is 19.6. The number of carbonyl (C=O) groups excluding carboxylic acids is 1. The molecule has 5 nitrogen and oxygen atoms in total. The van der Waals surface area contributed by atoms with Gasteiger partial charge in [-0.3, -0.25) is 9.69 Å². The van der Waals surface area contributed by atoms with E-state index in [1.165, 1.54) is 29.8 Å². The molecule has 1 aliphatic heterocycles. The smallest absolute Gasteiger partial charge is 0.223 e. The first-order valence-electron chi connectivity index (χ1n) is 11.6. The largest absolute Gasteiger partial charge is 0.497 e. The van der Waals surface area contributed by atoms with E-state index in [1.807, 2.05) is 12.1 Å². The van der Waals surface area contributed by atoms with E-state index in [-0.39, 0.29) is 23.9 Å². The highest BCUT2D eigenvalue weighted by molar-refractivity contribution is 7.10. The van der Waals surface area contributed by atoms with Crippen LogP contribution in [0.15, 0.2) is 41.8 Å². The highest BCUT2D eigenvalue weighted by atomic mass is 32.1. The van der Waals surface area contributed by atoms with Crippen LogP contribution < -0.4 is 15.0 Å². The molecule has 6 heteroatoms. The van der Waals surface area contributed by atoms with Gasteiger partial charge in [-0.2, -0.15) is 0 Å². The number of hydrogen-bond acceptors (Lipinski definition) is 5. The SMILES string of the molecule is COc1ccc(N2CCN([C@H](c3cccs3)[C@@H](C)NC(=O)C3CCCCC3)CC2)cc1. The van der Waals surface area contributed by atoms with Gasteiger partial charge in [0.2, 0.25) is 5.91 Å². The molecule has 168 valence electrons. The fourth-order valence-corrected chi connectivity index (χ4v) is 6.00. The van der Waals surface area contributed by atoms with E-state index in [0.29, 0.717) is 0 Å². The first kappa shape index (κ1) is 22.2. The van der Waals surface area contributed by atoms with E-state index in [4.69, 9.17) is 4.74 Å². The highest BCUT2D eigenvalue weighted by Crippen LogP contribution is 2.31. The minimum Gasteiger partial charge on any atom is -0.497 e. The Hall–Kier alpha value is -2.05. The first-order chi connectivity index (χ1) is 15.2. The molecular formula is C25H35N3O2S. The molecule has 1 saturated heterocycles. The van der Waals surface area contributed by atoms with Gasteiger partial charge in [0.1, 0.15) is 5.75 Å². The summed E-state index contributed by atoms with van der Waals surface area (Å²) in [5.41, 5.74) is 1.24.